The van der Waals surface area contributed by atoms with Crippen LogP contribution in [0.5, 0.6) is 0 Å². The Hall–Kier alpha value is -1.83. The number of rotatable bonds is 6. The Labute approximate surface area is 119 Å². The van der Waals surface area contributed by atoms with Crippen LogP contribution in [-0.4, -0.2) is 23.2 Å². The molecular weight excluding hydrogens is 287 g/mol. The first kappa shape index (κ1) is 17.2. The topological polar surface area (TPSA) is 77.1 Å². The van der Waals surface area contributed by atoms with Crippen LogP contribution in [0, 0.1) is 5.92 Å². The summed E-state index contributed by atoms with van der Waals surface area (Å²) in [6, 6.07) is 1.23. The largest absolute Gasteiger partial charge is 0.406 e. The average molecular weight is 305 g/mol. The maximum atomic E-state index is 12.5. The van der Waals surface area contributed by atoms with Crippen LogP contribution in [0.3, 0.4) is 0 Å². The molecule has 0 aromatic carbocycles. The lowest BCUT2D eigenvalue weighted by Crippen LogP contribution is -2.34. The number of carbonyl (C=O) groups is 1. The van der Waals surface area contributed by atoms with Crippen molar-refractivity contribution in [1.29, 1.82) is 0 Å². The molecule has 0 unspecified atom stereocenters. The van der Waals surface area contributed by atoms with E-state index in [1.807, 2.05) is 13.8 Å². The number of nitrogens with two attached hydrogens (primary N) is 1. The van der Waals surface area contributed by atoms with Gasteiger partial charge in [0.1, 0.15) is 12.1 Å². The van der Waals surface area contributed by atoms with E-state index >= 15 is 0 Å². The maximum Gasteiger partial charge on any atom is 0.406 e. The molecule has 118 valence electrons. The maximum absolute atomic E-state index is 12.5. The highest BCUT2D eigenvalue weighted by Crippen LogP contribution is 2.17. The van der Waals surface area contributed by atoms with Gasteiger partial charge in [0.25, 0.3) is 11.5 Å². The molecule has 1 heterocycles. The fourth-order valence-corrected chi connectivity index (χ4v) is 1.79. The first-order chi connectivity index (χ1) is 9.60. The fourth-order valence-electron chi connectivity index (χ4n) is 1.79. The van der Waals surface area contributed by atoms with E-state index in [9.17, 15) is 22.8 Å². The minimum absolute atomic E-state index is 0.247. The van der Waals surface area contributed by atoms with Gasteiger partial charge in [-0.05, 0) is 24.1 Å². The molecule has 3 N–H and O–H groups in total. The van der Waals surface area contributed by atoms with Crippen molar-refractivity contribution < 1.29 is 18.0 Å². The Morgan fingerprint density at radius 1 is 1.43 bits per heavy atom. The molecule has 0 aliphatic heterocycles. The molecule has 0 bridgehead atoms. The number of carbonyl (C=O) groups excluding carboxylic acids is 1. The van der Waals surface area contributed by atoms with Crippen molar-refractivity contribution in [2.45, 2.75) is 33.1 Å². The quantitative estimate of drug-likeness (QED) is 0.830. The number of aromatic nitrogens is 1. The highest BCUT2D eigenvalue weighted by molar-refractivity contribution is 5.92. The van der Waals surface area contributed by atoms with E-state index in [1.54, 1.807) is 0 Å². The van der Waals surface area contributed by atoms with Gasteiger partial charge in [0.15, 0.2) is 0 Å². The Morgan fingerprint density at radius 3 is 2.52 bits per heavy atom. The molecule has 0 aliphatic carbocycles. The number of nitrogens with one attached hydrogen (secondary N) is 1. The van der Waals surface area contributed by atoms with Gasteiger partial charge in [-0.2, -0.15) is 13.2 Å². The summed E-state index contributed by atoms with van der Waals surface area (Å²) in [5.41, 5.74) is 3.96. The molecule has 0 spiro atoms. The first-order valence-corrected chi connectivity index (χ1v) is 6.41. The van der Waals surface area contributed by atoms with Crippen LogP contribution in [0.15, 0.2) is 17.1 Å². The molecular formula is C13H18F3N3O2. The van der Waals surface area contributed by atoms with Crippen LogP contribution >= 0.6 is 0 Å². The fraction of sp³-hybridized carbons (Fsp3) is 0.538. The zero-order valence-corrected chi connectivity index (χ0v) is 11.8. The molecule has 0 aliphatic rings. The normalized spacial score (nSPS) is 11.9. The molecule has 1 aromatic heterocycles. The summed E-state index contributed by atoms with van der Waals surface area (Å²) < 4.78 is 37.8. The third kappa shape index (κ3) is 5.58. The zero-order chi connectivity index (χ0) is 16.2. The Bertz CT molecular complexity index is 565. The van der Waals surface area contributed by atoms with Crippen molar-refractivity contribution in [2.75, 3.05) is 6.54 Å². The average Bonchev–Trinajstić information content (AvgIpc) is 2.30. The minimum Gasteiger partial charge on any atom is -0.365 e. The van der Waals surface area contributed by atoms with Gasteiger partial charge in [0.05, 0.1) is 0 Å². The van der Waals surface area contributed by atoms with Crippen LogP contribution in [0.1, 0.15) is 29.8 Å². The van der Waals surface area contributed by atoms with E-state index in [4.69, 9.17) is 5.73 Å². The van der Waals surface area contributed by atoms with E-state index in [1.165, 1.54) is 6.07 Å². The van der Waals surface area contributed by atoms with E-state index in [0.29, 0.717) is 22.6 Å². The smallest absolute Gasteiger partial charge is 0.365 e. The molecule has 8 heteroatoms. The summed E-state index contributed by atoms with van der Waals surface area (Å²) in [4.78, 5) is 22.9. The lowest BCUT2D eigenvalue weighted by atomic mass is 10.1. The Balaban J connectivity index is 3.09. The van der Waals surface area contributed by atoms with Crippen molar-refractivity contribution in [3.05, 3.63) is 33.7 Å². The first-order valence-electron chi connectivity index (χ1n) is 6.41. The number of pyridine rings is 1. The SMILES string of the molecule is CC(C)CNCc1cc(C(N)=O)c(=O)n(CC(F)(F)F)c1. The van der Waals surface area contributed by atoms with Crippen LogP contribution in [0.4, 0.5) is 13.2 Å². The summed E-state index contributed by atoms with van der Waals surface area (Å²) in [5.74, 6) is -0.677. The summed E-state index contributed by atoms with van der Waals surface area (Å²) >= 11 is 0. The Morgan fingerprint density at radius 2 is 2.05 bits per heavy atom. The zero-order valence-electron chi connectivity index (χ0n) is 11.8. The third-order valence-electron chi connectivity index (χ3n) is 2.64. The monoisotopic (exact) mass is 305 g/mol. The van der Waals surface area contributed by atoms with E-state index in [-0.39, 0.29) is 6.54 Å². The number of hydrogen-bond acceptors (Lipinski definition) is 3. The lowest BCUT2D eigenvalue weighted by molar-refractivity contribution is -0.141. The van der Waals surface area contributed by atoms with Gasteiger partial charge in [-0.3, -0.25) is 9.59 Å². The van der Waals surface area contributed by atoms with Gasteiger partial charge in [-0.1, -0.05) is 13.8 Å². The van der Waals surface area contributed by atoms with Crippen LogP contribution in [0.25, 0.3) is 0 Å². The molecule has 21 heavy (non-hydrogen) atoms. The van der Waals surface area contributed by atoms with Crippen molar-refractivity contribution >= 4 is 5.91 Å². The van der Waals surface area contributed by atoms with Crippen LogP contribution in [0.2, 0.25) is 0 Å². The van der Waals surface area contributed by atoms with Crippen molar-refractivity contribution in [1.82, 2.24) is 9.88 Å². The van der Waals surface area contributed by atoms with Crippen molar-refractivity contribution in [2.24, 2.45) is 11.7 Å². The number of nitrogens with zero attached hydrogens (tertiary/aromatic N) is 1. The van der Waals surface area contributed by atoms with Gasteiger partial charge in [-0.15, -0.1) is 0 Å². The molecule has 5 nitrogen and oxygen atoms in total. The molecule has 0 saturated heterocycles. The lowest BCUT2D eigenvalue weighted by Gasteiger charge is -2.13. The van der Waals surface area contributed by atoms with E-state index in [0.717, 1.165) is 6.20 Å². The number of amides is 1. The second-order valence-corrected chi connectivity index (χ2v) is 5.20. The minimum atomic E-state index is -4.55. The van der Waals surface area contributed by atoms with E-state index in [2.05, 4.69) is 5.32 Å². The van der Waals surface area contributed by atoms with Gasteiger partial charge < -0.3 is 15.6 Å². The molecule has 0 saturated carbocycles. The number of hydrogen-bond donors (Lipinski definition) is 2. The van der Waals surface area contributed by atoms with Gasteiger partial charge in [0, 0.05) is 12.7 Å². The third-order valence-corrected chi connectivity index (χ3v) is 2.64. The number of primary amides is 1. The molecule has 0 fully saturated rings. The molecule has 1 aromatic rings. The van der Waals surface area contributed by atoms with Gasteiger partial charge >= 0.3 is 6.18 Å². The second-order valence-electron chi connectivity index (χ2n) is 5.20. The van der Waals surface area contributed by atoms with E-state index < -0.39 is 29.8 Å². The van der Waals surface area contributed by atoms with Gasteiger partial charge in [0.2, 0.25) is 0 Å². The summed E-state index contributed by atoms with van der Waals surface area (Å²) in [6.07, 6.45) is -3.46. The molecule has 1 amide bonds. The van der Waals surface area contributed by atoms with Crippen molar-refractivity contribution in [3.8, 4) is 0 Å². The Kier molecular flexibility index (Phi) is 5.54. The molecule has 0 atom stereocenters. The predicted octanol–water partition coefficient (Wildman–Crippen LogP) is 1.26. The highest BCUT2D eigenvalue weighted by atomic mass is 19.4. The highest BCUT2D eigenvalue weighted by Gasteiger charge is 2.29. The van der Waals surface area contributed by atoms with Crippen LogP contribution < -0.4 is 16.6 Å². The number of halogens is 3. The summed E-state index contributed by atoms with van der Waals surface area (Å²) in [7, 11) is 0. The van der Waals surface area contributed by atoms with Crippen molar-refractivity contribution in [3.63, 3.8) is 0 Å². The summed E-state index contributed by atoms with van der Waals surface area (Å²) in [5, 5.41) is 3.03. The van der Waals surface area contributed by atoms with Gasteiger partial charge in [-0.25, -0.2) is 0 Å². The number of alkyl halides is 3. The molecule has 0 radical (unpaired) electrons. The standard InChI is InChI=1S/C13H18F3N3O2/c1-8(2)4-18-5-9-3-10(11(17)20)12(21)19(6-9)7-13(14,15)16/h3,6,8,18H,4-5,7H2,1-2H3,(H2,17,20). The predicted molar refractivity (Wildman–Crippen MR) is 71.8 cm³/mol. The second kappa shape index (κ2) is 6.75. The summed E-state index contributed by atoms with van der Waals surface area (Å²) in [6.45, 7) is 3.41. The molecule has 1 rings (SSSR count). The van der Waals surface area contributed by atoms with Crippen LogP contribution in [-0.2, 0) is 13.1 Å².